The summed E-state index contributed by atoms with van der Waals surface area (Å²) in [4.78, 5) is 9.68. The van der Waals surface area contributed by atoms with Crippen LogP contribution in [-0.2, 0) is 20.0 Å². The molecule has 21 heavy (non-hydrogen) atoms. The van der Waals surface area contributed by atoms with Gasteiger partial charge in [-0.1, -0.05) is 6.92 Å². The molecule has 0 bridgehead atoms. The summed E-state index contributed by atoms with van der Waals surface area (Å²) in [5.74, 6) is -1.99. The van der Waals surface area contributed by atoms with E-state index >= 15 is 0 Å². The van der Waals surface area contributed by atoms with Crippen LogP contribution in [0.25, 0.3) is 0 Å². The first-order chi connectivity index (χ1) is 9.92. The van der Waals surface area contributed by atoms with Crippen molar-refractivity contribution in [2.45, 2.75) is 19.9 Å². The molecule has 0 fully saturated rings. The number of aromatic nitrogens is 2. The number of hydrogen-bond donors (Lipinski definition) is 1. The molecule has 0 aliphatic carbocycles. The Bertz CT molecular complexity index is 662. The van der Waals surface area contributed by atoms with E-state index in [0.717, 1.165) is 11.3 Å². The third-order valence-corrected chi connectivity index (χ3v) is 3.02. The van der Waals surface area contributed by atoms with Crippen LogP contribution in [0.5, 0.6) is 0 Å². The molecule has 0 atom stereocenters. The molecule has 1 aromatic heterocycles. The largest absolute Gasteiger partial charge is 0.376 e. The molecule has 2 rings (SSSR count). The van der Waals surface area contributed by atoms with E-state index in [1.54, 1.807) is 17.9 Å². The van der Waals surface area contributed by atoms with Gasteiger partial charge in [0, 0.05) is 25.4 Å². The van der Waals surface area contributed by atoms with Crippen molar-refractivity contribution in [2.24, 2.45) is 7.05 Å². The lowest BCUT2D eigenvalue weighted by molar-refractivity contribution is -0.385. The van der Waals surface area contributed by atoms with Crippen LogP contribution in [0, 0.1) is 21.7 Å². The maximum absolute atomic E-state index is 13.7. The molecule has 0 spiro atoms. The highest BCUT2D eigenvalue weighted by Crippen LogP contribution is 2.25. The van der Waals surface area contributed by atoms with Crippen LogP contribution in [-0.4, -0.2) is 14.7 Å². The van der Waals surface area contributed by atoms with Gasteiger partial charge in [-0.2, -0.15) is 5.10 Å². The zero-order chi connectivity index (χ0) is 15.6. The average Bonchev–Trinajstić information content (AvgIpc) is 2.77. The molecule has 0 radical (unpaired) electrons. The van der Waals surface area contributed by atoms with E-state index < -0.39 is 22.2 Å². The highest BCUT2D eigenvalue weighted by atomic mass is 19.1. The predicted octanol–water partition coefficient (Wildman–Crippen LogP) is 2.78. The van der Waals surface area contributed by atoms with Gasteiger partial charge in [-0.25, -0.2) is 8.78 Å². The maximum Gasteiger partial charge on any atom is 0.275 e. The first-order valence-corrected chi connectivity index (χ1v) is 6.31. The van der Waals surface area contributed by atoms with Crippen molar-refractivity contribution < 1.29 is 13.7 Å². The number of nitrogens with one attached hydrogen (secondary N) is 1. The fourth-order valence-electron chi connectivity index (χ4n) is 2.05. The van der Waals surface area contributed by atoms with Gasteiger partial charge in [0.2, 0.25) is 0 Å². The summed E-state index contributed by atoms with van der Waals surface area (Å²) < 4.78 is 29.1. The van der Waals surface area contributed by atoms with Crippen LogP contribution in [0.2, 0.25) is 0 Å². The second kappa shape index (κ2) is 5.86. The average molecular weight is 296 g/mol. The first-order valence-electron chi connectivity index (χ1n) is 6.31. The normalized spacial score (nSPS) is 10.7. The van der Waals surface area contributed by atoms with Gasteiger partial charge in [-0.3, -0.25) is 14.8 Å². The lowest BCUT2D eigenvalue weighted by Gasteiger charge is -2.08. The first kappa shape index (κ1) is 14.9. The molecule has 6 nitrogen and oxygen atoms in total. The number of anilines is 1. The number of non-ortho nitro benzene ring substituents is 1. The van der Waals surface area contributed by atoms with Crippen LogP contribution in [0.15, 0.2) is 18.3 Å². The van der Waals surface area contributed by atoms with Crippen LogP contribution in [0.1, 0.15) is 18.2 Å². The van der Waals surface area contributed by atoms with Gasteiger partial charge in [0.1, 0.15) is 5.69 Å². The van der Waals surface area contributed by atoms with Crippen molar-refractivity contribution in [3.05, 3.63) is 51.3 Å². The Hall–Kier alpha value is -2.51. The van der Waals surface area contributed by atoms with Gasteiger partial charge in [-0.15, -0.1) is 0 Å². The number of benzene rings is 1. The topological polar surface area (TPSA) is 73.0 Å². The number of hydrogen-bond acceptors (Lipinski definition) is 4. The summed E-state index contributed by atoms with van der Waals surface area (Å²) in [5, 5.41) is 17.4. The summed E-state index contributed by atoms with van der Waals surface area (Å²) in [5.41, 5.74) is 0.641. The van der Waals surface area contributed by atoms with Gasteiger partial charge in [0.15, 0.2) is 11.6 Å². The minimum absolute atomic E-state index is 0.183. The third-order valence-electron chi connectivity index (χ3n) is 3.02. The van der Waals surface area contributed by atoms with Gasteiger partial charge in [0.05, 0.1) is 22.7 Å². The summed E-state index contributed by atoms with van der Waals surface area (Å²) in [7, 11) is 1.76. The van der Waals surface area contributed by atoms with E-state index in [0.29, 0.717) is 18.6 Å². The van der Waals surface area contributed by atoms with Crippen LogP contribution < -0.4 is 5.32 Å². The van der Waals surface area contributed by atoms with Gasteiger partial charge < -0.3 is 5.32 Å². The lowest BCUT2D eigenvalue weighted by atomic mass is 10.2. The van der Waals surface area contributed by atoms with E-state index in [-0.39, 0.29) is 12.2 Å². The van der Waals surface area contributed by atoms with Crippen molar-refractivity contribution in [3.63, 3.8) is 0 Å². The molecule has 0 unspecified atom stereocenters. The van der Waals surface area contributed by atoms with Crippen LogP contribution in [0.3, 0.4) is 0 Å². The number of nitro groups is 1. The molecule has 0 aliphatic heterocycles. The number of nitro benzene ring substituents is 1. The monoisotopic (exact) mass is 296 g/mol. The van der Waals surface area contributed by atoms with E-state index in [9.17, 15) is 18.9 Å². The quantitative estimate of drug-likeness (QED) is 0.680. The molecule has 1 heterocycles. The van der Waals surface area contributed by atoms with E-state index in [1.165, 1.54) is 0 Å². The third kappa shape index (κ3) is 3.15. The predicted molar refractivity (Wildman–Crippen MR) is 72.9 cm³/mol. The summed E-state index contributed by atoms with van der Waals surface area (Å²) in [6.45, 7) is 2.11. The Morgan fingerprint density at radius 3 is 2.52 bits per heavy atom. The molecular formula is C13H14F2N4O2. The number of nitrogens with zero attached hydrogens (tertiary/aromatic N) is 3. The number of rotatable bonds is 5. The Morgan fingerprint density at radius 2 is 2.00 bits per heavy atom. The van der Waals surface area contributed by atoms with Crippen molar-refractivity contribution in [3.8, 4) is 0 Å². The lowest BCUT2D eigenvalue weighted by Crippen LogP contribution is -2.06. The molecule has 1 N–H and O–H groups in total. The zero-order valence-electron chi connectivity index (χ0n) is 11.6. The molecular weight excluding hydrogens is 282 g/mol. The molecule has 8 heteroatoms. The Balaban J connectivity index is 2.22. The summed E-state index contributed by atoms with van der Waals surface area (Å²) in [6, 6.07) is 1.38. The van der Waals surface area contributed by atoms with Gasteiger partial charge >= 0.3 is 0 Å². The summed E-state index contributed by atoms with van der Waals surface area (Å²) in [6.07, 6.45) is 2.45. The molecule has 0 saturated heterocycles. The minimum atomic E-state index is -0.997. The molecule has 0 aliphatic rings. The van der Waals surface area contributed by atoms with Gasteiger partial charge in [0.25, 0.3) is 5.69 Å². The highest BCUT2D eigenvalue weighted by Gasteiger charge is 2.17. The van der Waals surface area contributed by atoms with E-state index in [2.05, 4.69) is 10.4 Å². The van der Waals surface area contributed by atoms with Crippen molar-refractivity contribution in [1.82, 2.24) is 9.78 Å². The standard InChI is InChI=1S/C13H14F2N4O2/c1-3-12-8(7-18(2)17-12)6-16-13-10(14)4-9(19(20)21)5-11(13)15/h4-5,7,16H,3,6H2,1-2H3. The highest BCUT2D eigenvalue weighted by molar-refractivity contribution is 5.52. The second-order valence-electron chi connectivity index (χ2n) is 4.52. The van der Waals surface area contributed by atoms with E-state index in [4.69, 9.17) is 0 Å². The molecule has 1 aromatic carbocycles. The van der Waals surface area contributed by atoms with Crippen LogP contribution in [0.4, 0.5) is 20.2 Å². The smallest absolute Gasteiger partial charge is 0.275 e. The minimum Gasteiger partial charge on any atom is -0.376 e. The van der Waals surface area contributed by atoms with Crippen molar-refractivity contribution >= 4 is 11.4 Å². The fourth-order valence-corrected chi connectivity index (χ4v) is 2.05. The zero-order valence-corrected chi connectivity index (χ0v) is 11.6. The molecule has 0 amide bonds. The van der Waals surface area contributed by atoms with Crippen molar-refractivity contribution in [1.29, 1.82) is 0 Å². The Kier molecular flexibility index (Phi) is 4.15. The molecule has 2 aromatic rings. The fraction of sp³-hybridized carbons (Fsp3) is 0.308. The SMILES string of the molecule is CCc1nn(C)cc1CNc1c(F)cc([N+](=O)[O-])cc1F. The summed E-state index contributed by atoms with van der Waals surface area (Å²) >= 11 is 0. The molecule has 112 valence electrons. The number of aryl methyl sites for hydroxylation is 2. The van der Waals surface area contributed by atoms with Crippen molar-refractivity contribution in [2.75, 3.05) is 5.32 Å². The van der Waals surface area contributed by atoms with E-state index in [1.807, 2.05) is 6.92 Å². The Morgan fingerprint density at radius 1 is 1.38 bits per heavy atom. The molecule has 0 saturated carbocycles. The maximum atomic E-state index is 13.7. The second-order valence-corrected chi connectivity index (χ2v) is 4.52. The van der Waals surface area contributed by atoms with Crippen LogP contribution >= 0.6 is 0 Å². The Labute approximate surface area is 119 Å². The number of halogens is 2. The van der Waals surface area contributed by atoms with Gasteiger partial charge in [-0.05, 0) is 6.42 Å².